The first-order valence-electron chi connectivity index (χ1n) is 8.06. The van der Waals surface area contributed by atoms with Crippen LogP contribution in [0.25, 0.3) is 0 Å². The molecule has 0 spiro atoms. The van der Waals surface area contributed by atoms with Crippen molar-refractivity contribution in [1.82, 2.24) is 4.90 Å². The molecule has 6 nitrogen and oxygen atoms in total. The highest BCUT2D eigenvalue weighted by atomic mass is 16.7. The molecule has 3 aliphatic heterocycles. The third-order valence-corrected chi connectivity index (χ3v) is 5.03. The zero-order valence-electron chi connectivity index (χ0n) is 13.4. The summed E-state index contributed by atoms with van der Waals surface area (Å²) in [6.07, 6.45) is 2.89. The number of carbonyl (C=O) groups excluding carboxylic acids is 2. The molecule has 2 saturated heterocycles. The van der Waals surface area contributed by atoms with Gasteiger partial charge in [-0.2, -0.15) is 0 Å². The van der Waals surface area contributed by atoms with Crippen molar-refractivity contribution in [2.75, 3.05) is 20.3 Å². The molecule has 0 saturated carbocycles. The van der Waals surface area contributed by atoms with Gasteiger partial charge in [0.2, 0.25) is 0 Å². The number of hydrogen-bond donors (Lipinski definition) is 0. The Morgan fingerprint density at radius 3 is 2.62 bits per heavy atom. The Balaban J connectivity index is 1.88. The van der Waals surface area contributed by atoms with Crippen molar-refractivity contribution in [2.24, 2.45) is 0 Å². The molecule has 3 unspecified atom stereocenters. The van der Waals surface area contributed by atoms with Crippen molar-refractivity contribution in [3.8, 4) is 0 Å². The van der Waals surface area contributed by atoms with Gasteiger partial charge >= 0.3 is 6.09 Å². The minimum atomic E-state index is -1.01. The Morgan fingerprint density at radius 1 is 1.25 bits per heavy atom. The van der Waals surface area contributed by atoms with Crippen molar-refractivity contribution >= 4 is 11.9 Å². The summed E-state index contributed by atoms with van der Waals surface area (Å²) in [4.78, 5) is 27.1. The second-order valence-electron chi connectivity index (χ2n) is 6.24. The molecule has 2 fully saturated rings. The fourth-order valence-electron chi connectivity index (χ4n) is 4.14. The first-order chi connectivity index (χ1) is 11.7. The van der Waals surface area contributed by atoms with E-state index >= 15 is 0 Å². The normalized spacial score (nSPS) is 32.4. The number of Topliss-reactive ketones (excluding diaryl/α,β-unsaturated/α-hetero) is 1. The predicted molar refractivity (Wildman–Crippen MR) is 84.4 cm³/mol. The summed E-state index contributed by atoms with van der Waals surface area (Å²) in [5.41, 5.74) is -0.161. The van der Waals surface area contributed by atoms with Crippen LogP contribution in [0.2, 0.25) is 0 Å². The smallest absolute Gasteiger partial charge is 0.410 e. The van der Waals surface area contributed by atoms with Gasteiger partial charge in [0.1, 0.15) is 11.3 Å². The number of benzene rings is 1. The molecular weight excluding hydrogens is 310 g/mol. The Labute approximate surface area is 140 Å². The van der Waals surface area contributed by atoms with Gasteiger partial charge in [-0.15, -0.1) is 0 Å². The number of rotatable bonds is 2. The average molecular weight is 329 g/mol. The summed E-state index contributed by atoms with van der Waals surface area (Å²) < 4.78 is 16.5. The van der Waals surface area contributed by atoms with Crippen LogP contribution in [0, 0.1) is 0 Å². The van der Waals surface area contributed by atoms with E-state index in [1.807, 2.05) is 42.5 Å². The molecule has 0 radical (unpaired) electrons. The minimum absolute atomic E-state index is 0.0791. The van der Waals surface area contributed by atoms with Crippen LogP contribution in [0.4, 0.5) is 4.79 Å². The van der Waals surface area contributed by atoms with Crippen LogP contribution < -0.4 is 0 Å². The summed E-state index contributed by atoms with van der Waals surface area (Å²) in [6.45, 7) is 0.880. The number of hydrogen-bond acceptors (Lipinski definition) is 5. The molecule has 3 aliphatic rings. The number of ketones is 1. The molecule has 0 aromatic heterocycles. The van der Waals surface area contributed by atoms with E-state index in [1.165, 1.54) is 7.11 Å². The maximum atomic E-state index is 12.9. The van der Waals surface area contributed by atoms with Crippen LogP contribution in [-0.4, -0.2) is 55.0 Å². The Hall–Kier alpha value is -2.18. The molecule has 1 aromatic rings. The van der Waals surface area contributed by atoms with E-state index in [1.54, 1.807) is 4.90 Å². The number of nitrogens with zero attached hydrogens (tertiary/aromatic N) is 1. The highest BCUT2D eigenvalue weighted by Crippen LogP contribution is 2.50. The molecule has 1 aromatic carbocycles. The zero-order chi connectivity index (χ0) is 16.7. The molecule has 0 N–H and O–H groups in total. The maximum Gasteiger partial charge on any atom is 0.410 e. The maximum absolute atomic E-state index is 12.9. The topological polar surface area (TPSA) is 65.1 Å². The molecule has 3 heterocycles. The zero-order valence-corrected chi connectivity index (χ0v) is 13.4. The van der Waals surface area contributed by atoms with Crippen LogP contribution in [0.5, 0.6) is 0 Å². The highest BCUT2D eigenvalue weighted by Gasteiger charge is 2.63. The molecule has 1 amide bonds. The van der Waals surface area contributed by atoms with Crippen LogP contribution in [-0.2, 0) is 19.0 Å². The molecular formula is C18H19NO5. The Morgan fingerprint density at radius 2 is 1.96 bits per heavy atom. The minimum Gasteiger partial charge on any atom is -0.453 e. The monoisotopic (exact) mass is 329 g/mol. The average Bonchev–Trinajstić information content (AvgIpc) is 3.22. The molecule has 6 heteroatoms. The lowest BCUT2D eigenvalue weighted by Gasteiger charge is -2.49. The lowest BCUT2D eigenvalue weighted by Crippen LogP contribution is -2.66. The molecule has 24 heavy (non-hydrogen) atoms. The largest absolute Gasteiger partial charge is 0.453 e. The van der Waals surface area contributed by atoms with Gasteiger partial charge in [0.25, 0.3) is 0 Å². The van der Waals surface area contributed by atoms with Gasteiger partial charge in [-0.25, -0.2) is 4.79 Å². The van der Waals surface area contributed by atoms with Crippen LogP contribution >= 0.6 is 0 Å². The van der Waals surface area contributed by atoms with Crippen LogP contribution in [0.15, 0.2) is 42.5 Å². The molecule has 2 bridgehead atoms. The summed E-state index contributed by atoms with van der Waals surface area (Å²) in [6, 6.07) is 9.16. The summed E-state index contributed by atoms with van der Waals surface area (Å²) in [5, 5.41) is 0. The first-order valence-corrected chi connectivity index (χ1v) is 8.06. The first kappa shape index (κ1) is 15.4. The van der Waals surface area contributed by atoms with Gasteiger partial charge in [0, 0.05) is 6.42 Å². The molecule has 3 atom stereocenters. The second-order valence-corrected chi connectivity index (χ2v) is 6.24. The summed E-state index contributed by atoms with van der Waals surface area (Å²) in [5.74, 6) is -0.466. The van der Waals surface area contributed by atoms with E-state index in [-0.39, 0.29) is 18.2 Å². The van der Waals surface area contributed by atoms with Crippen molar-refractivity contribution in [3.63, 3.8) is 0 Å². The highest BCUT2D eigenvalue weighted by molar-refractivity contribution is 5.93. The van der Waals surface area contributed by atoms with E-state index in [4.69, 9.17) is 14.2 Å². The molecule has 0 aliphatic carbocycles. The summed E-state index contributed by atoms with van der Waals surface area (Å²) in [7, 11) is 1.35. The quantitative estimate of drug-likeness (QED) is 0.775. The van der Waals surface area contributed by atoms with Crippen molar-refractivity contribution in [3.05, 3.63) is 48.0 Å². The van der Waals surface area contributed by atoms with E-state index < -0.39 is 23.8 Å². The summed E-state index contributed by atoms with van der Waals surface area (Å²) >= 11 is 0. The van der Waals surface area contributed by atoms with Crippen molar-refractivity contribution in [1.29, 1.82) is 0 Å². The van der Waals surface area contributed by atoms with Crippen LogP contribution in [0.1, 0.15) is 17.9 Å². The van der Waals surface area contributed by atoms with Gasteiger partial charge < -0.3 is 14.2 Å². The number of amides is 1. The Bertz CT molecular complexity index is 682. The number of carbonyl (C=O) groups is 2. The Kier molecular flexibility index (Phi) is 3.66. The van der Waals surface area contributed by atoms with E-state index in [0.29, 0.717) is 13.2 Å². The van der Waals surface area contributed by atoms with Gasteiger partial charge in [0.05, 0.1) is 32.3 Å². The van der Waals surface area contributed by atoms with Gasteiger partial charge in [-0.1, -0.05) is 42.5 Å². The molecule has 126 valence electrons. The van der Waals surface area contributed by atoms with Crippen molar-refractivity contribution < 1.29 is 23.8 Å². The third kappa shape index (κ3) is 2.03. The lowest BCUT2D eigenvalue weighted by atomic mass is 9.72. The number of ether oxygens (including phenoxy) is 3. The fraction of sp³-hybridized carbons (Fsp3) is 0.444. The predicted octanol–water partition coefficient (Wildman–Crippen LogP) is 1.86. The van der Waals surface area contributed by atoms with Gasteiger partial charge in [-0.05, 0) is 5.56 Å². The lowest BCUT2D eigenvalue weighted by molar-refractivity contribution is -0.157. The number of piperidine rings is 1. The van der Waals surface area contributed by atoms with Crippen LogP contribution in [0.3, 0.4) is 0 Å². The van der Waals surface area contributed by atoms with Crippen molar-refractivity contribution in [2.45, 2.75) is 30.2 Å². The molecule has 4 rings (SSSR count). The second kappa shape index (κ2) is 5.72. The fourth-order valence-corrected chi connectivity index (χ4v) is 4.14. The SMILES string of the molecule is COC(=O)N1C2C=CC1(C1OCCO1)C(c1ccccc1)C(=O)C2. The van der Waals surface area contributed by atoms with E-state index in [9.17, 15) is 9.59 Å². The van der Waals surface area contributed by atoms with Gasteiger partial charge in [0.15, 0.2) is 6.29 Å². The third-order valence-electron chi connectivity index (χ3n) is 5.03. The standard InChI is InChI=1S/C18H19NO5/c1-22-17(21)19-13-7-8-18(19,16-23-9-10-24-16)15(14(20)11-13)12-5-3-2-4-6-12/h2-8,13,15-16H,9-11H2,1H3. The number of fused-ring (bicyclic) bond motifs is 2. The number of methoxy groups -OCH3 is 1. The van der Waals surface area contributed by atoms with Gasteiger partial charge in [-0.3, -0.25) is 9.69 Å². The van der Waals surface area contributed by atoms with E-state index in [2.05, 4.69) is 0 Å². The van der Waals surface area contributed by atoms with E-state index in [0.717, 1.165) is 5.56 Å².